The minimum absolute atomic E-state index is 0.958. The van der Waals surface area contributed by atoms with Crippen molar-refractivity contribution in [3.05, 3.63) is 17.5 Å². The van der Waals surface area contributed by atoms with Gasteiger partial charge in [-0.1, -0.05) is 27.7 Å². The van der Waals surface area contributed by atoms with Gasteiger partial charge in [-0.25, -0.2) is 0 Å². The third-order valence-corrected chi connectivity index (χ3v) is 2.10. The molecule has 0 spiro atoms. The molecule has 1 aromatic rings. The average Bonchev–Trinajstić information content (AvgIpc) is 2.56. The van der Waals surface area contributed by atoms with E-state index in [-0.39, 0.29) is 0 Å². The molecule has 2 nitrogen and oxygen atoms in total. The second kappa shape index (κ2) is 10.6. The molecule has 0 aromatic carbocycles. The Labute approximate surface area is 93.1 Å². The summed E-state index contributed by atoms with van der Waals surface area (Å²) in [4.78, 5) is 0. The van der Waals surface area contributed by atoms with Crippen molar-refractivity contribution >= 4 is 11.8 Å². The summed E-state index contributed by atoms with van der Waals surface area (Å²) in [5.74, 6) is 0.958. The van der Waals surface area contributed by atoms with Gasteiger partial charge in [0.05, 0.1) is 12.1 Å². The van der Waals surface area contributed by atoms with E-state index in [9.17, 15) is 0 Å². The number of thioether (sulfide) groups is 1. The monoisotopic (exact) mass is 216 g/mol. The molecule has 0 saturated carbocycles. The van der Waals surface area contributed by atoms with Crippen LogP contribution in [0.25, 0.3) is 0 Å². The van der Waals surface area contributed by atoms with Gasteiger partial charge in [0.25, 0.3) is 0 Å². The quantitative estimate of drug-likeness (QED) is 0.747. The van der Waals surface area contributed by atoms with E-state index in [0.717, 1.165) is 5.88 Å². The minimum Gasteiger partial charge on any atom is -0.260 e. The molecule has 0 aliphatic rings. The highest BCUT2D eigenvalue weighted by atomic mass is 32.2. The first-order valence-corrected chi connectivity index (χ1v) is 6.63. The largest absolute Gasteiger partial charge is 0.260 e. The highest BCUT2D eigenvalue weighted by molar-refractivity contribution is 7.97. The molecule has 14 heavy (non-hydrogen) atoms. The zero-order valence-corrected chi connectivity index (χ0v) is 11.4. The SMILES string of the molecule is CC.CC.CSCn1ncc(C)c1C. The van der Waals surface area contributed by atoms with Crippen LogP contribution in [0.1, 0.15) is 39.0 Å². The van der Waals surface area contributed by atoms with Crippen LogP contribution in [0.3, 0.4) is 0 Å². The molecule has 0 atom stereocenters. The number of aryl methyl sites for hydroxylation is 1. The van der Waals surface area contributed by atoms with Gasteiger partial charge in [-0.05, 0) is 25.7 Å². The van der Waals surface area contributed by atoms with E-state index in [1.165, 1.54) is 11.3 Å². The van der Waals surface area contributed by atoms with Gasteiger partial charge >= 0.3 is 0 Å². The summed E-state index contributed by atoms with van der Waals surface area (Å²) >= 11 is 1.78. The van der Waals surface area contributed by atoms with Crippen molar-refractivity contribution < 1.29 is 0 Å². The second-order valence-electron chi connectivity index (χ2n) is 2.33. The molecule has 84 valence electrons. The van der Waals surface area contributed by atoms with Crippen LogP contribution in [0, 0.1) is 13.8 Å². The first-order valence-electron chi connectivity index (χ1n) is 5.23. The van der Waals surface area contributed by atoms with Crippen molar-refractivity contribution in [2.24, 2.45) is 0 Å². The van der Waals surface area contributed by atoms with Gasteiger partial charge in [0.15, 0.2) is 0 Å². The van der Waals surface area contributed by atoms with Crippen molar-refractivity contribution in [3.8, 4) is 0 Å². The van der Waals surface area contributed by atoms with Crippen LogP contribution in [0.5, 0.6) is 0 Å². The number of hydrogen-bond acceptors (Lipinski definition) is 2. The zero-order valence-electron chi connectivity index (χ0n) is 10.6. The molecule has 1 heterocycles. The van der Waals surface area contributed by atoms with Crippen LogP contribution >= 0.6 is 11.8 Å². The Morgan fingerprint density at radius 2 is 1.71 bits per heavy atom. The standard InChI is InChI=1S/C7H12N2S.2C2H6/c1-6-4-8-9(5-10-3)7(6)2;2*1-2/h4H,5H2,1-3H3;2*1-2H3. The third kappa shape index (κ3) is 5.32. The van der Waals surface area contributed by atoms with Crippen LogP contribution < -0.4 is 0 Å². The van der Waals surface area contributed by atoms with Crippen LogP contribution in [0.4, 0.5) is 0 Å². The first-order chi connectivity index (χ1) is 6.75. The van der Waals surface area contributed by atoms with Crippen LogP contribution in [0.2, 0.25) is 0 Å². The lowest BCUT2D eigenvalue weighted by atomic mass is 10.3. The van der Waals surface area contributed by atoms with Gasteiger partial charge in [-0.2, -0.15) is 5.10 Å². The lowest BCUT2D eigenvalue weighted by Crippen LogP contribution is -1.98. The highest BCUT2D eigenvalue weighted by Crippen LogP contribution is 2.07. The fourth-order valence-electron chi connectivity index (χ4n) is 0.792. The molecule has 0 radical (unpaired) electrons. The maximum Gasteiger partial charge on any atom is 0.0863 e. The zero-order chi connectivity index (χ0) is 11.6. The molecule has 0 aliphatic heterocycles. The number of rotatable bonds is 2. The molecule has 0 saturated heterocycles. The summed E-state index contributed by atoms with van der Waals surface area (Å²) in [7, 11) is 0. The first kappa shape index (κ1) is 16.0. The number of hydrogen-bond donors (Lipinski definition) is 0. The highest BCUT2D eigenvalue weighted by Gasteiger charge is 1.98. The Kier molecular flexibility index (Phi) is 12.2. The third-order valence-electron chi connectivity index (χ3n) is 1.60. The predicted octanol–water partition coefficient (Wildman–Crippen LogP) is 3.87. The van der Waals surface area contributed by atoms with Gasteiger partial charge in [0.2, 0.25) is 0 Å². The van der Waals surface area contributed by atoms with Crippen molar-refractivity contribution in [2.75, 3.05) is 6.26 Å². The lowest BCUT2D eigenvalue weighted by Gasteiger charge is -1.99. The Morgan fingerprint density at radius 1 is 1.21 bits per heavy atom. The summed E-state index contributed by atoms with van der Waals surface area (Å²) in [5.41, 5.74) is 2.54. The summed E-state index contributed by atoms with van der Waals surface area (Å²) in [6.45, 7) is 12.2. The van der Waals surface area contributed by atoms with Crippen molar-refractivity contribution in [3.63, 3.8) is 0 Å². The van der Waals surface area contributed by atoms with E-state index in [4.69, 9.17) is 0 Å². The average molecular weight is 216 g/mol. The van der Waals surface area contributed by atoms with Crippen LogP contribution in [0.15, 0.2) is 6.20 Å². The number of aromatic nitrogens is 2. The lowest BCUT2D eigenvalue weighted by molar-refractivity contribution is 0.724. The Morgan fingerprint density at radius 3 is 2.00 bits per heavy atom. The van der Waals surface area contributed by atoms with Crippen molar-refractivity contribution in [1.29, 1.82) is 0 Å². The Hall–Kier alpha value is -0.440. The molecule has 0 N–H and O–H groups in total. The molecule has 0 fully saturated rings. The fraction of sp³-hybridized carbons (Fsp3) is 0.727. The molecule has 0 amide bonds. The summed E-state index contributed by atoms with van der Waals surface area (Å²) in [6, 6.07) is 0. The molecule has 0 bridgehead atoms. The molecule has 1 aromatic heterocycles. The van der Waals surface area contributed by atoms with Crippen LogP contribution in [-0.2, 0) is 5.88 Å². The molecule has 0 unspecified atom stereocenters. The molecule has 0 aliphatic carbocycles. The van der Waals surface area contributed by atoms with Gasteiger partial charge in [0.1, 0.15) is 0 Å². The maximum atomic E-state index is 4.20. The fourth-order valence-corrected chi connectivity index (χ4v) is 1.30. The van der Waals surface area contributed by atoms with Gasteiger partial charge < -0.3 is 0 Å². The summed E-state index contributed by atoms with van der Waals surface area (Å²) in [6.07, 6.45) is 3.99. The Balaban J connectivity index is 0. The summed E-state index contributed by atoms with van der Waals surface area (Å²) < 4.78 is 2.01. The van der Waals surface area contributed by atoms with E-state index in [0.29, 0.717) is 0 Å². The Bertz CT molecular complexity index is 219. The number of nitrogens with zero attached hydrogens (tertiary/aromatic N) is 2. The molecule has 3 heteroatoms. The van der Waals surface area contributed by atoms with E-state index in [2.05, 4.69) is 25.2 Å². The normalized spacial score (nSPS) is 8.21. The summed E-state index contributed by atoms with van der Waals surface area (Å²) in [5, 5.41) is 4.20. The second-order valence-corrected chi connectivity index (χ2v) is 3.17. The smallest absolute Gasteiger partial charge is 0.0863 e. The minimum atomic E-state index is 0.958. The molecular formula is C11H24N2S. The van der Waals surface area contributed by atoms with E-state index in [1.54, 1.807) is 11.8 Å². The molecule has 1 rings (SSSR count). The van der Waals surface area contributed by atoms with Crippen molar-refractivity contribution in [1.82, 2.24) is 9.78 Å². The van der Waals surface area contributed by atoms with E-state index in [1.807, 2.05) is 38.6 Å². The topological polar surface area (TPSA) is 17.8 Å². The van der Waals surface area contributed by atoms with E-state index >= 15 is 0 Å². The van der Waals surface area contributed by atoms with Crippen LogP contribution in [-0.4, -0.2) is 16.0 Å². The maximum absolute atomic E-state index is 4.20. The van der Waals surface area contributed by atoms with E-state index < -0.39 is 0 Å². The van der Waals surface area contributed by atoms with Crippen molar-refractivity contribution in [2.45, 2.75) is 47.4 Å². The van der Waals surface area contributed by atoms with Gasteiger partial charge in [0, 0.05) is 5.69 Å². The predicted molar refractivity (Wildman–Crippen MR) is 67.9 cm³/mol. The van der Waals surface area contributed by atoms with Gasteiger partial charge in [-0.3, -0.25) is 4.68 Å². The molecular weight excluding hydrogens is 192 g/mol. The van der Waals surface area contributed by atoms with Gasteiger partial charge in [-0.15, -0.1) is 11.8 Å².